The summed E-state index contributed by atoms with van der Waals surface area (Å²) in [5.74, 6) is -1.27. The van der Waals surface area contributed by atoms with Crippen LogP contribution in [0.5, 0.6) is 5.75 Å². The van der Waals surface area contributed by atoms with E-state index in [2.05, 4.69) is 10.1 Å². The van der Waals surface area contributed by atoms with Crippen molar-refractivity contribution in [3.63, 3.8) is 0 Å². The molecule has 106 valence electrons. The molecule has 1 saturated heterocycles. The van der Waals surface area contributed by atoms with Crippen LogP contribution in [-0.2, 0) is 0 Å². The summed E-state index contributed by atoms with van der Waals surface area (Å²) >= 11 is 0. The van der Waals surface area contributed by atoms with Gasteiger partial charge in [-0.3, -0.25) is 0 Å². The van der Waals surface area contributed by atoms with Crippen molar-refractivity contribution in [2.75, 3.05) is 13.1 Å². The SMILES string of the molecule is CC1CNCCC1c1ccc(OC(F)(F)F)c(F)c1. The minimum absolute atomic E-state index is 0.163. The Balaban J connectivity index is 2.18. The van der Waals surface area contributed by atoms with Gasteiger partial charge in [0.05, 0.1) is 0 Å². The van der Waals surface area contributed by atoms with Crippen LogP contribution in [0.2, 0.25) is 0 Å². The number of alkyl halides is 3. The smallest absolute Gasteiger partial charge is 0.403 e. The molecule has 2 nitrogen and oxygen atoms in total. The van der Waals surface area contributed by atoms with Crippen LogP contribution in [0.15, 0.2) is 18.2 Å². The van der Waals surface area contributed by atoms with Crippen LogP contribution in [0.1, 0.15) is 24.8 Å². The van der Waals surface area contributed by atoms with Gasteiger partial charge in [-0.1, -0.05) is 13.0 Å². The lowest BCUT2D eigenvalue weighted by atomic mass is 9.82. The van der Waals surface area contributed by atoms with Crippen molar-refractivity contribution >= 4 is 0 Å². The second kappa shape index (κ2) is 5.36. The fraction of sp³-hybridized carbons (Fsp3) is 0.538. The normalized spacial score (nSPS) is 24.3. The first-order valence-electron chi connectivity index (χ1n) is 6.13. The Morgan fingerprint density at radius 1 is 1.32 bits per heavy atom. The number of piperidine rings is 1. The van der Waals surface area contributed by atoms with Crippen LogP contribution in [-0.4, -0.2) is 19.5 Å². The molecule has 19 heavy (non-hydrogen) atoms. The lowest BCUT2D eigenvalue weighted by Gasteiger charge is -2.30. The van der Waals surface area contributed by atoms with Gasteiger partial charge >= 0.3 is 6.36 Å². The molecule has 0 aliphatic carbocycles. The Labute approximate surface area is 108 Å². The number of nitrogens with one attached hydrogen (secondary N) is 1. The lowest BCUT2D eigenvalue weighted by molar-refractivity contribution is -0.275. The zero-order valence-electron chi connectivity index (χ0n) is 10.4. The van der Waals surface area contributed by atoms with E-state index >= 15 is 0 Å². The van der Waals surface area contributed by atoms with Crippen LogP contribution in [0.25, 0.3) is 0 Å². The summed E-state index contributed by atoms with van der Waals surface area (Å²) in [5, 5.41) is 3.22. The van der Waals surface area contributed by atoms with Crippen molar-refractivity contribution < 1.29 is 22.3 Å². The molecule has 0 radical (unpaired) electrons. The van der Waals surface area contributed by atoms with Crippen LogP contribution in [0.3, 0.4) is 0 Å². The molecule has 1 aliphatic heterocycles. The minimum Gasteiger partial charge on any atom is -0.403 e. The van der Waals surface area contributed by atoms with E-state index in [0.29, 0.717) is 5.92 Å². The molecule has 1 fully saturated rings. The van der Waals surface area contributed by atoms with E-state index in [9.17, 15) is 17.6 Å². The van der Waals surface area contributed by atoms with Gasteiger partial charge in [-0.25, -0.2) is 4.39 Å². The summed E-state index contributed by atoms with van der Waals surface area (Å²) < 4.78 is 53.4. The first-order valence-corrected chi connectivity index (χ1v) is 6.13. The number of hydrogen-bond donors (Lipinski definition) is 1. The lowest BCUT2D eigenvalue weighted by Crippen LogP contribution is -2.33. The number of hydrogen-bond acceptors (Lipinski definition) is 2. The van der Waals surface area contributed by atoms with E-state index in [-0.39, 0.29) is 5.92 Å². The molecule has 6 heteroatoms. The molecule has 1 heterocycles. The van der Waals surface area contributed by atoms with Gasteiger partial charge in [-0.15, -0.1) is 13.2 Å². The molecule has 1 aliphatic rings. The van der Waals surface area contributed by atoms with Crippen molar-refractivity contribution in [2.45, 2.75) is 25.6 Å². The van der Waals surface area contributed by atoms with E-state index in [1.807, 2.05) is 6.92 Å². The van der Waals surface area contributed by atoms with E-state index < -0.39 is 17.9 Å². The predicted octanol–water partition coefficient (Wildman–Crippen LogP) is 3.44. The average molecular weight is 277 g/mol. The summed E-state index contributed by atoms with van der Waals surface area (Å²) in [4.78, 5) is 0. The quantitative estimate of drug-likeness (QED) is 0.836. The van der Waals surface area contributed by atoms with Crippen LogP contribution < -0.4 is 10.1 Å². The first kappa shape index (κ1) is 14.1. The van der Waals surface area contributed by atoms with Gasteiger partial charge in [0.2, 0.25) is 0 Å². The maximum absolute atomic E-state index is 13.6. The third kappa shape index (κ3) is 3.59. The zero-order chi connectivity index (χ0) is 14.0. The van der Waals surface area contributed by atoms with Crippen LogP contribution in [0.4, 0.5) is 17.6 Å². The monoisotopic (exact) mass is 277 g/mol. The summed E-state index contributed by atoms with van der Waals surface area (Å²) in [6.45, 7) is 3.69. The highest BCUT2D eigenvalue weighted by Gasteiger charge is 2.32. The zero-order valence-corrected chi connectivity index (χ0v) is 10.4. The topological polar surface area (TPSA) is 21.3 Å². The van der Waals surface area contributed by atoms with Crippen molar-refractivity contribution in [3.05, 3.63) is 29.6 Å². The van der Waals surface area contributed by atoms with Gasteiger partial charge in [-0.2, -0.15) is 0 Å². The highest BCUT2D eigenvalue weighted by Crippen LogP contribution is 2.33. The Kier molecular flexibility index (Phi) is 3.99. The third-order valence-electron chi connectivity index (χ3n) is 3.40. The van der Waals surface area contributed by atoms with Gasteiger partial charge in [0.1, 0.15) is 0 Å². The molecule has 0 bridgehead atoms. The van der Waals surface area contributed by atoms with Crippen molar-refractivity contribution in [1.82, 2.24) is 5.32 Å². The first-order chi connectivity index (χ1) is 8.87. The molecule has 1 aromatic carbocycles. The van der Waals surface area contributed by atoms with Crippen molar-refractivity contribution in [1.29, 1.82) is 0 Å². The van der Waals surface area contributed by atoms with Gasteiger partial charge in [-0.05, 0) is 49.0 Å². The maximum Gasteiger partial charge on any atom is 0.573 e. The molecule has 0 amide bonds. The molecule has 0 spiro atoms. The van der Waals surface area contributed by atoms with Crippen LogP contribution in [0, 0.1) is 11.7 Å². The van der Waals surface area contributed by atoms with Crippen molar-refractivity contribution in [2.24, 2.45) is 5.92 Å². The molecule has 2 atom stereocenters. The molecule has 2 unspecified atom stereocenters. The number of benzene rings is 1. The molecule has 0 saturated carbocycles. The minimum atomic E-state index is -4.87. The predicted molar refractivity (Wildman–Crippen MR) is 62.5 cm³/mol. The summed E-state index contributed by atoms with van der Waals surface area (Å²) in [5.41, 5.74) is 0.723. The average Bonchev–Trinajstić information content (AvgIpc) is 2.31. The molecular formula is C13H15F4NO. The fourth-order valence-corrected chi connectivity index (χ4v) is 2.46. The standard InChI is InChI=1S/C13H15F4NO/c1-8-7-18-5-4-10(8)9-2-3-12(11(14)6-9)19-13(15,16)17/h2-3,6,8,10,18H,4-5,7H2,1H3. The van der Waals surface area contributed by atoms with Gasteiger partial charge in [0, 0.05) is 0 Å². The molecular weight excluding hydrogens is 262 g/mol. The summed E-state index contributed by atoms with van der Waals surface area (Å²) in [6.07, 6.45) is -4.02. The Morgan fingerprint density at radius 2 is 2.05 bits per heavy atom. The van der Waals surface area contributed by atoms with Gasteiger partial charge in [0.15, 0.2) is 11.6 Å². The second-order valence-electron chi connectivity index (χ2n) is 4.81. The molecule has 1 N–H and O–H groups in total. The molecule has 0 aromatic heterocycles. The van der Waals surface area contributed by atoms with E-state index in [1.54, 1.807) is 0 Å². The van der Waals surface area contributed by atoms with E-state index in [4.69, 9.17) is 0 Å². The molecule has 1 aromatic rings. The van der Waals surface area contributed by atoms with Gasteiger partial charge in [0.25, 0.3) is 0 Å². The maximum atomic E-state index is 13.6. The number of halogens is 4. The highest BCUT2D eigenvalue weighted by molar-refractivity contribution is 5.32. The van der Waals surface area contributed by atoms with Crippen molar-refractivity contribution in [3.8, 4) is 5.75 Å². The number of rotatable bonds is 2. The van der Waals surface area contributed by atoms with E-state index in [1.165, 1.54) is 6.07 Å². The molecule has 2 rings (SSSR count). The van der Waals surface area contributed by atoms with E-state index in [0.717, 1.165) is 37.2 Å². The fourth-order valence-electron chi connectivity index (χ4n) is 2.46. The Bertz CT molecular complexity index is 447. The summed E-state index contributed by atoms with van der Waals surface area (Å²) in [6, 6.07) is 3.71. The Hall–Kier alpha value is -1.30. The highest BCUT2D eigenvalue weighted by atomic mass is 19.4. The van der Waals surface area contributed by atoms with Crippen LogP contribution >= 0.6 is 0 Å². The summed E-state index contributed by atoms with van der Waals surface area (Å²) in [7, 11) is 0. The van der Waals surface area contributed by atoms with Gasteiger partial charge < -0.3 is 10.1 Å². The largest absolute Gasteiger partial charge is 0.573 e. The second-order valence-corrected chi connectivity index (χ2v) is 4.81. The third-order valence-corrected chi connectivity index (χ3v) is 3.40. The Morgan fingerprint density at radius 3 is 2.63 bits per heavy atom. The number of ether oxygens (including phenoxy) is 1.